The molecule has 4 rings (SSSR count). The van der Waals surface area contributed by atoms with Gasteiger partial charge >= 0.3 is 0 Å². The van der Waals surface area contributed by atoms with E-state index < -0.39 is 0 Å². The molecule has 0 aliphatic carbocycles. The lowest BCUT2D eigenvalue weighted by Gasteiger charge is -2.23. The number of pyridine rings is 1. The van der Waals surface area contributed by atoms with Crippen molar-refractivity contribution in [2.75, 3.05) is 0 Å². The van der Waals surface area contributed by atoms with Crippen LogP contribution in [0.3, 0.4) is 0 Å². The van der Waals surface area contributed by atoms with E-state index in [4.69, 9.17) is 0 Å². The fraction of sp³-hybridized carbons (Fsp3) is 0.240. The van der Waals surface area contributed by atoms with Crippen LogP contribution >= 0.6 is 0 Å². The van der Waals surface area contributed by atoms with Crippen LogP contribution in [0.2, 0.25) is 0 Å². The molecule has 4 aromatic rings. The van der Waals surface area contributed by atoms with E-state index in [-0.39, 0.29) is 5.91 Å². The van der Waals surface area contributed by atoms with E-state index in [9.17, 15) is 4.79 Å². The first-order valence-corrected chi connectivity index (χ1v) is 10.8. The summed E-state index contributed by atoms with van der Waals surface area (Å²) in [5.74, 6) is 0.803. The molecule has 1 amide bonds. The fourth-order valence-corrected chi connectivity index (χ4v) is 3.66. The second-order valence-electron chi connectivity index (χ2n) is 7.71. The minimum Gasteiger partial charge on any atom is -0.334 e. The van der Waals surface area contributed by atoms with Crippen LogP contribution < -0.4 is 0 Å². The molecule has 0 unspecified atom stereocenters. The molecule has 0 saturated heterocycles. The van der Waals surface area contributed by atoms with Crippen molar-refractivity contribution in [2.24, 2.45) is 0 Å². The van der Waals surface area contributed by atoms with Crippen molar-refractivity contribution in [3.63, 3.8) is 0 Å². The zero-order valence-corrected chi connectivity index (χ0v) is 18.1. The number of aromatic nitrogens is 5. The Morgan fingerprint density at radius 2 is 1.72 bits per heavy atom. The van der Waals surface area contributed by atoms with Crippen LogP contribution in [0.5, 0.6) is 0 Å². The number of rotatable bonds is 9. The molecular weight excluding hydrogens is 400 g/mol. The number of benzene rings is 2. The molecule has 0 bridgehead atoms. The zero-order valence-electron chi connectivity index (χ0n) is 18.1. The lowest BCUT2D eigenvalue weighted by Crippen LogP contribution is -2.29. The molecule has 7 nitrogen and oxygen atoms in total. The van der Waals surface area contributed by atoms with E-state index in [2.05, 4.69) is 62.9 Å². The highest BCUT2D eigenvalue weighted by molar-refractivity contribution is 5.80. The summed E-state index contributed by atoms with van der Waals surface area (Å²) in [7, 11) is 0. The number of nitrogens with one attached hydrogen (secondary N) is 1. The van der Waals surface area contributed by atoms with E-state index in [0.29, 0.717) is 25.3 Å². The van der Waals surface area contributed by atoms with Crippen LogP contribution in [0.1, 0.15) is 37.3 Å². The van der Waals surface area contributed by atoms with Gasteiger partial charge in [0.2, 0.25) is 5.91 Å². The molecule has 0 radical (unpaired) electrons. The third-order valence-corrected chi connectivity index (χ3v) is 5.36. The predicted molar refractivity (Wildman–Crippen MR) is 123 cm³/mol. The highest BCUT2D eigenvalue weighted by Crippen LogP contribution is 2.30. The van der Waals surface area contributed by atoms with Crippen LogP contribution in [-0.2, 0) is 17.9 Å². The van der Waals surface area contributed by atoms with Gasteiger partial charge in [-0.05, 0) is 45.2 Å². The van der Waals surface area contributed by atoms with Crippen molar-refractivity contribution in [1.29, 1.82) is 0 Å². The number of carbonyl (C=O) groups excluding carboxylic acids is 1. The number of aromatic amines is 1. The Kier molecular flexibility index (Phi) is 6.97. The van der Waals surface area contributed by atoms with Crippen LogP contribution in [0.15, 0.2) is 73.1 Å². The first-order valence-electron chi connectivity index (χ1n) is 10.8. The average molecular weight is 427 g/mol. The number of hydrogen-bond donors (Lipinski definition) is 1. The summed E-state index contributed by atoms with van der Waals surface area (Å²) in [4.78, 5) is 19.0. The van der Waals surface area contributed by atoms with Crippen LogP contribution in [0, 0.1) is 0 Å². The molecule has 32 heavy (non-hydrogen) atoms. The van der Waals surface area contributed by atoms with Gasteiger partial charge in [-0.1, -0.05) is 67.9 Å². The summed E-state index contributed by atoms with van der Waals surface area (Å²) >= 11 is 0. The number of nitrogens with zero attached hydrogens (tertiary/aromatic N) is 5. The maximum absolute atomic E-state index is 12.9. The molecule has 0 aliphatic rings. The van der Waals surface area contributed by atoms with Gasteiger partial charge in [0.05, 0.1) is 0 Å². The molecule has 0 spiro atoms. The number of hydrogen-bond acceptors (Lipinski definition) is 5. The maximum Gasteiger partial charge on any atom is 0.223 e. The monoisotopic (exact) mass is 426 g/mol. The summed E-state index contributed by atoms with van der Waals surface area (Å²) < 4.78 is 0. The van der Waals surface area contributed by atoms with Gasteiger partial charge in [-0.25, -0.2) is 5.10 Å². The topological polar surface area (TPSA) is 87.7 Å². The molecule has 2 aromatic heterocycles. The summed E-state index contributed by atoms with van der Waals surface area (Å²) in [6.45, 7) is 3.22. The van der Waals surface area contributed by atoms with Gasteiger partial charge in [0.15, 0.2) is 5.82 Å². The van der Waals surface area contributed by atoms with Gasteiger partial charge in [-0.3, -0.25) is 9.78 Å². The van der Waals surface area contributed by atoms with Crippen molar-refractivity contribution in [3.05, 3.63) is 84.2 Å². The number of carbonyl (C=O) groups is 1. The third kappa shape index (κ3) is 5.24. The van der Waals surface area contributed by atoms with Crippen molar-refractivity contribution in [1.82, 2.24) is 30.5 Å². The predicted octanol–water partition coefficient (Wildman–Crippen LogP) is 4.65. The number of unbranched alkanes of at least 4 members (excludes halogenated alkanes) is 1. The number of tetrazole rings is 1. The maximum atomic E-state index is 12.9. The van der Waals surface area contributed by atoms with E-state index in [1.54, 1.807) is 6.20 Å². The minimum absolute atomic E-state index is 0.169. The molecule has 0 saturated carbocycles. The Labute approximate surface area is 187 Å². The van der Waals surface area contributed by atoms with Gasteiger partial charge in [0.1, 0.15) is 0 Å². The second kappa shape index (κ2) is 10.4. The third-order valence-electron chi connectivity index (χ3n) is 5.36. The van der Waals surface area contributed by atoms with E-state index in [1.807, 2.05) is 41.4 Å². The van der Waals surface area contributed by atoms with Crippen molar-refractivity contribution in [2.45, 2.75) is 39.3 Å². The molecule has 7 heteroatoms. The van der Waals surface area contributed by atoms with Gasteiger partial charge in [-0.15, -0.1) is 5.10 Å². The number of H-pyrrole nitrogens is 1. The van der Waals surface area contributed by atoms with Crippen molar-refractivity contribution >= 4 is 5.91 Å². The summed E-state index contributed by atoms with van der Waals surface area (Å²) in [5.41, 5.74) is 5.17. The minimum atomic E-state index is 0.169. The van der Waals surface area contributed by atoms with E-state index in [0.717, 1.165) is 40.7 Å². The van der Waals surface area contributed by atoms with Crippen LogP contribution in [-0.4, -0.2) is 36.4 Å². The quantitative estimate of drug-likeness (QED) is 0.421. The van der Waals surface area contributed by atoms with Crippen molar-refractivity contribution < 1.29 is 4.79 Å². The van der Waals surface area contributed by atoms with Crippen LogP contribution in [0.25, 0.3) is 22.5 Å². The van der Waals surface area contributed by atoms with Gasteiger partial charge in [0, 0.05) is 37.5 Å². The Bertz CT molecular complexity index is 1130. The van der Waals surface area contributed by atoms with E-state index >= 15 is 0 Å². The number of amides is 1. The Morgan fingerprint density at radius 3 is 2.41 bits per heavy atom. The summed E-state index contributed by atoms with van der Waals surface area (Å²) in [5, 5.41) is 14.3. The smallest absolute Gasteiger partial charge is 0.223 e. The Balaban J connectivity index is 1.54. The van der Waals surface area contributed by atoms with Gasteiger partial charge in [-0.2, -0.15) is 0 Å². The lowest BCUT2D eigenvalue weighted by molar-refractivity contribution is -0.132. The molecular formula is C25H26N6O. The Hall–Kier alpha value is -3.87. The zero-order chi connectivity index (χ0) is 22.2. The SMILES string of the molecule is CCCCC(=O)N(Cc1ccc(-c2ccccc2-c2nnn[nH]2)cc1)Cc1cccnc1. The first-order chi connectivity index (χ1) is 15.7. The average Bonchev–Trinajstić information content (AvgIpc) is 3.38. The fourth-order valence-electron chi connectivity index (χ4n) is 3.66. The summed E-state index contributed by atoms with van der Waals surface area (Å²) in [6.07, 6.45) is 6.03. The summed E-state index contributed by atoms with van der Waals surface area (Å²) in [6, 6.07) is 20.2. The van der Waals surface area contributed by atoms with Gasteiger partial charge < -0.3 is 4.90 Å². The second-order valence-corrected chi connectivity index (χ2v) is 7.71. The molecule has 2 heterocycles. The Morgan fingerprint density at radius 1 is 0.938 bits per heavy atom. The largest absolute Gasteiger partial charge is 0.334 e. The van der Waals surface area contributed by atoms with Gasteiger partial charge in [0.25, 0.3) is 0 Å². The first kappa shape index (κ1) is 21.4. The van der Waals surface area contributed by atoms with Crippen molar-refractivity contribution in [3.8, 4) is 22.5 Å². The molecule has 1 N–H and O–H groups in total. The molecule has 0 fully saturated rings. The van der Waals surface area contributed by atoms with E-state index in [1.165, 1.54) is 0 Å². The highest BCUT2D eigenvalue weighted by atomic mass is 16.2. The molecule has 0 aliphatic heterocycles. The normalized spacial score (nSPS) is 10.8. The lowest BCUT2D eigenvalue weighted by atomic mass is 9.98. The highest BCUT2D eigenvalue weighted by Gasteiger charge is 2.15. The van der Waals surface area contributed by atoms with Crippen LogP contribution in [0.4, 0.5) is 0 Å². The molecule has 2 aromatic carbocycles. The molecule has 0 atom stereocenters. The molecule has 162 valence electrons. The standard InChI is InChI=1S/C25H26N6O/c1-2-3-10-24(32)31(18-20-7-6-15-26-16-20)17-19-11-13-21(14-12-19)22-8-4-5-9-23(22)25-27-29-30-28-25/h4-9,11-16H,2-3,10,17-18H2,1H3,(H,27,28,29,30).